The van der Waals surface area contributed by atoms with Gasteiger partial charge in [-0.3, -0.25) is 9.59 Å². The molecule has 3 rings (SSSR count). The highest BCUT2D eigenvalue weighted by Crippen LogP contribution is 2.31. The number of ketones is 1. The first-order chi connectivity index (χ1) is 13.0. The van der Waals surface area contributed by atoms with Gasteiger partial charge in [0.15, 0.2) is 12.4 Å². The third kappa shape index (κ3) is 4.10. The minimum absolute atomic E-state index is 0.176. The van der Waals surface area contributed by atoms with Crippen molar-refractivity contribution in [2.45, 2.75) is 12.8 Å². The Balaban J connectivity index is 2.04. The standard InChI is InChI=1S/C20H15ClN2O4/c21-13-5-3-12(4-6-13)19(25)20-16(2-1-9-22)15-8-7-14(10-17(15)27-20)26-11-18(23)24/h3-8,10H,1-2,11H2,(H2,23,24). The Morgan fingerprint density at radius 1 is 1.19 bits per heavy atom. The second-order valence-electron chi connectivity index (χ2n) is 5.82. The summed E-state index contributed by atoms with van der Waals surface area (Å²) < 4.78 is 11.1. The van der Waals surface area contributed by atoms with E-state index in [1.807, 2.05) is 0 Å². The first-order valence-electron chi connectivity index (χ1n) is 8.13. The van der Waals surface area contributed by atoms with Crippen LogP contribution in [0.25, 0.3) is 11.0 Å². The van der Waals surface area contributed by atoms with Crippen LogP contribution in [0, 0.1) is 11.3 Å². The number of nitriles is 1. The maximum atomic E-state index is 12.9. The van der Waals surface area contributed by atoms with Crippen molar-refractivity contribution in [1.29, 1.82) is 5.26 Å². The number of carbonyl (C=O) groups is 2. The van der Waals surface area contributed by atoms with E-state index < -0.39 is 5.91 Å². The summed E-state index contributed by atoms with van der Waals surface area (Å²) in [5.41, 5.74) is 6.60. The number of fused-ring (bicyclic) bond motifs is 1. The van der Waals surface area contributed by atoms with Crippen molar-refractivity contribution in [3.63, 3.8) is 0 Å². The predicted molar refractivity (Wildman–Crippen MR) is 99.7 cm³/mol. The molecular weight excluding hydrogens is 368 g/mol. The number of benzene rings is 2. The van der Waals surface area contributed by atoms with Crippen molar-refractivity contribution in [1.82, 2.24) is 0 Å². The second-order valence-corrected chi connectivity index (χ2v) is 6.25. The number of hydrogen-bond acceptors (Lipinski definition) is 5. The van der Waals surface area contributed by atoms with Gasteiger partial charge in [0.1, 0.15) is 11.3 Å². The smallest absolute Gasteiger partial charge is 0.255 e. The average molecular weight is 383 g/mol. The van der Waals surface area contributed by atoms with Gasteiger partial charge >= 0.3 is 0 Å². The number of hydrogen-bond donors (Lipinski definition) is 1. The highest BCUT2D eigenvalue weighted by atomic mass is 35.5. The van der Waals surface area contributed by atoms with E-state index in [0.29, 0.717) is 39.3 Å². The van der Waals surface area contributed by atoms with Gasteiger partial charge in [0.05, 0.1) is 6.07 Å². The second kappa shape index (κ2) is 7.94. The van der Waals surface area contributed by atoms with Crippen LogP contribution in [-0.4, -0.2) is 18.3 Å². The quantitative estimate of drug-likeness (QED) is 0.628. The average Bonchev–Trinajstić information content (AvgIpc) is 3.02. The molecule has 0 bridgehead atoms. The Hall–Kier alpha value is -3.30. The number of rotatable bonds is 7. The zero-order valence-electron chi connectivity index (χ0n) is 14.2. The molecule has 0 unspecified atom stereocenters. The third-order valence-corrected chi connectivity index (χ3v) is 4.20. The number of primary amides is 1. The van der Waals surface area contributed by atoms with Crippen LogP contribution in [0.2, 0.25) is 5.02 Å². The number of nitrogens with two attached hydrogens (primary N) is 1. The molecule has 0 aliphatic carbocycles. The fourth-order valence-corrected chi connectivity index (χ4v) is 2.85. The van der Waals surface area contributed by atoms with Gasteiger partial charge in [0.2, 0.25) is 5.78 Å². The van der Waals surface area contributed by atoms with Crippen molar-refractivity contribution >= 4 is 34.3 Å². The lowest BCUT2D eigenvalue weighted by atomic mass is 10.0. The Bertz CT molecular complexity index is 1050. The van der Waals surface area contributed by atoms with Crippen LogP contribution in [0.5, 0.6) is 5.75 Å². The van der Waals surface area contributed by atoms with Crippen molar-refractivity contribution in [2.75, 3.05) is 6.61 Å². The van der Waals surface area contributed by atoms with Gasteiger partial charge < -0.3 is 14.9 Å². The van der Waals surface area contributed by atoms with Gasteiger partial charge in [-0.2, -0.15) is 5.26 Å². The molecule has 0 aliphatic rings. The van der Waals surface area contributed by atoms with E-state index in [1.54, 1.807) is 42.5 Å². The molecule has 6 nitrogen and oxygen atoms in total. The number of aryl methyl sites for hydroxylation is 1. The van der Waals surface area contributed by atoms with Crippen molar-refractivity contribution < 1.29 is 18.7 Å². The van der Waals surface area contributed by atoms with Crippen molar-refractivity contribution in [2.24, 2.45) is 5.73 Å². The molecule has 2 aromatic carbocycles. The molecular formula is C20H15ClN2O4. The fraction of sp³-hybridized carbons (Fsp3) is 0.150. The number of furan rings is 1. The highest BCUT2D eigenvalue weighted by molar-refractivity contribution is 6.30. The molecule has 0 radical (unpaired) electrons. The van der Waals surface area contributed by atoms with Gasteiger partial charge in [0.25, 0.3) is 5.91 Å². The molecule has 7 heteroatoms. The summed E-state index contributed by atoms with van der Waals surface area (Å²) in [7, 11) is 0. The van der Waals surface area contributed by atoms with Crippen LogP contribution in [0.1, 0.15) is 28.1 Å². The molecule has 0 atom stereocenters. The summed E-state index contributed by atoms with van der Waals surface area (Å²) >= 11 is 5.88. The zero-order valence-corrected chi connectivity index (χ0v) is 15.0. The van der Waals surface area contributed by atoms with Crippen LogP contribution in [0.3, 0.4) is 0 Å². The van der Waals surface area contributed by atoms with E-state index in [-0.39, 0.29) is 24.6 Å². The molecule has 1 heterocycles. The van der Waals surface area contributed by atoms with Crippen molar-refractivity contribution in [3.8, 4) is 11.8 Å². The Morgan fingerprint density at radius 3 is 2.59 bits per heavy atom. The van der Waals surface area contributed by atoms with E-state index in [0.717, 1.165) is 0 Å². The van der Waals surface area contributed by atoms with Gasteiger partial charge in [-0.15, -0.1) is 0 Å². The molecule has 136 valence electrons. The Kier molecular flexibility index (Phi) is 5.43. The number of amides is 1. The summed E-state index contributed by atoms with van der Waals surface area (Å²) in [6, 6.07) is 13.6. The molecule has 0 fully saturated rings. The highest BCUT2D eigenvalue weighted by Gasteiger charge is 2.22. The summed E-state index contributed by atoms with van der Waals surface area (Å²) in [5.74, 6) is -0.319. The minimum Gasteiger partial charge on any atom is -0.484 e. The molecule has 2 N–H and O–H groups in total. The van der Waals surface area contributed by atoms with E-state index in [9.17, 15) is 9.59 Å². The van der Waals surface area contributed by atoms with E-state index >= 15 is 0 Å². The lowest BCUT2D eigenvalue weighted by Gasteiger charge is -2.03. The topological polar surface area (TPSA) is 106 Å². The van der Waals surface area contributed by atoms with Crippen LogP contribution in [0.4, 0.5) is 0 Å². The maximum absolute atomic E-state index is 12.9. The van der Waals surface area contributed by atoms with Gasteiger partial charge in [0, 0.05) is 34.0 Å². The molecule has 0 saturated carbocycles. The lowest BCUT2D eigenvalue weighted by Crippen LogP contribution is -2.19. The summed E-state index contributed by atoms with van der Waals surface area (Å²) in [4.78, 5) is 23.8. The monoisotopic (exact) mass is 382 g/mol. The van der Waals surface area contributed by atoms with Crippen molar-refractivity contribution in [3.05, 3.63) is 64.4 Å². The molecule has 0 aliphatic heterocycles. The minimum atomic E-state index is -0.595. The van der Waals surface area contributed by atoms with Crippen LogP contribution in [0.15, 0.2) is 46.9 Å². The zero-order chi connectivity index (χ0) is 19.4. The van der Waals surface area contributed by atoms with Gasteiger partial charge in [-0.25, -0.2) is 0 Å². The first kappa shape index (κ1) is 18.5. The molecule has 3 aromatic rings. The van der Waals surface area contributed by atoms with Crippen LogP contribution < -0.4 is 10.5 Å². The van der Waals surface area contributed by atoms with Gasteiger partial charge in [-0.05, 0) is 42.8 Å². The molecule has 1 aromatic heterocycles. The summed E-state index contributed by atoms with van der Waals surface area (Å²) in [5, 5.41) is 10.2. The lowest BCUT2D eigenvalue weighted by molar-refractivity contribution is -0.119. The van der Waals surface area contributed by atoms with Gasteiger partial charge in [-0.1, -0.05) is 11.6 Å². The number of ether oxygens (including phenoxy) is 1. The van der Waals surface area contributed by atoms with E-state index in [1.165, 1.54) is 0 Å². The number of halogens is 1. The largest absolute Gasteiger partial charge is 0.484 e. The summed E-state index contributed by atoms with van der Waals surface area (Å²) in [6.07, 6.45) is 0.620. The van der Waals surface area contributed by atoms with Crippen LogP contribution >= 0.6 is 11.6 Å². The van der Waals surface area contributed by atoms with E-state index in [2.05, 4.69) is 6.07 Å². The van der Waals surface area contributed by atoms with Crippen LogP contribution in [-0.2, 0) is 11.2 Å². The molecule has 0 saturated heterocycles. The Morgan fingerprint density at radius 2 is 1.93 bits per heavy atom. The first-order valence-corrected chi connectivity index (χ1v) is 8.51. The normalized spacial score (nSPS) is 10.5. The van der Waals surface area contributed by atoms with E-state index in [4.69, 9.17) is 31.8 Å². The Labute approximate surface area is 160 Å². The third-order valence-electron chi connectivity index (χ3n) is 3.94. The predicted octanol–water partition coefficient (Wildman–Crippen LogP) is 3.64. The molecule has 0 spiro atoms. The SMILES string of the molecule is N#CCCc1c(C(=O)c2ccc(Cl)cc2)oc2cc(OCC(N)=O)ccc12. The number of nitrogens with zero attached hydrogens (tertiary/aromatic N) is 1. The maximum Gasteiger partial charge on any atom is 0.255 e. The molecule has 1 amide bonds. The number of carbonyl (C=O) groups excluding carboxylic acids is 2. The summed E-state index contributed by atoms with van der Waals surface area (Å²) in [6.45, 7) is -0.260. The molecule has 27 heavy (non-hydrogen) atoms. The fourth-order valence-electron chi connectivity index (χ4n) is 2.72.